The third-order valence-electron chi connectivity index (χ3n) is 3.94. The number of nitrogens with one attached hydrogen (secondary N) is 1. The van der Waals surface area contributed by atoms with Gasteiger partial charge < -0.3 is 10.7 Å². The number of nitrogens with two attached hydrogens (primary N) is 1. The van der Waals surface area contributed by atoms with Crippen LogP contribution in [-0.2, 0) is 6.42 Å². The molecule has 2 heteroatoms. The molecule has 3 rings (SSSR count). The number of rotatable bonds is 4. The van der Waals surface area contributed by atoms with Crippen molar-refractivity contribution in [3.05, 3.63) is 71.4 Å². The van der Waals surface area contributed by atoms with Crippen molar-refractivity contribution in [2.24, 2.45) is 5.73 Å². The van der Waals surface area contributed by atoms with E-state index in [0.29, 0.717) is 12.5 Å². The molecule has 2 nitrogen and oxygen atoms in total. The summed E-state index contributed by atoms with van der Waals surface area (Å²) in [6, 6.07) is 17.1. The number of H-pyrrole nitrogens is 1. The van der Waals surface area contributed by atoms with E-state index in [1.165, 1.54) is 27.6 Å². The SMILES string of the molecule is Cc1cccc(C(CN)Cc2c[nH]c3ccccc23)c1. The van der Waals surface area contributed by atoms with Crippen LogP contribution in [0, 0.1) is 6.92 Å². The van der Waals surface area contributed by atoms with Crippen LogP contribution in [0.2, 0.25) is 0 Å². The summed E-state index contributed by atoms with van der Waals surface area (Å²) in [5.74, 6) is 0.370. The van der Waals surface area contributed by atoms with E-state index in [9.17, 15) is 0 Å². The van der Waals surface area contributed by atoms with Gasteiger partial charge in [0, 0.05) is 23.0 Å². The van der Waals surface area contributed by atoms with Gasteiger partial charge >= 0.3 is 0 Å². The standard InChI is InChI=1S/C18H20N2/c1-13-5-4-6-14(9-13)15(11-19)10-16-12-20-18-8-3-2-7-17(16)18/h2-9,12,15,20H,10-11,19H2,1H3. The van der Waals surface area contributed by atoms with Crippen molar-refractivity contribution >= 4 is 10.9 Å². The first-order valence-corrected chi connectivity index (χ1v) is 7.09. The molecule has 0 fully saturated rings. The summed E-state index contributed by atoms with van der Waals surface area (Å²) >= 11 is 0. The van der Waals surface area contributed by atoms with Gasteiger partial charge in [0.25, 0.3) is 0 Å². The van der Waals surface area contributed by atoms with E-state index in [2.05, 4.69) is 66.6 Å². The third-order valence-corrected chi connectivity index (χ3v) is 3.94. The predicted octanol–water partition coefficient (Wildman–Crippen LogP) is 3.76. The molecule has 1 heterocycles. The minimum absolute atomic E-state index is 0.370. The van der Waals surface area contributed by atoms with Crippen LogP contribution in [0.25, 0.3) is 10.9 Å². The van der Waals surface area contributed by atoms with Crippen molar-refractivity contribution in [1.29, 1.82) is 0 Å². The molecular weight excluding hydrogens is 244 g/mol. The van der Waals surface area contributed by atoms with Gasteiger partial charge in [0.15, 0.2) is 0 Å². The molecule has 3 N–H and O–H groups in total. The second kappa shape index (κ2) is 5.51. The lowest BCUT2D eigenvalue weighted by molar-refractivity contribution is 0.696. The highest BCUT2D eigenvalue weighted by molar-refractivity contribution is 5.83. The number of para-hydroxylation sites is 1. The molecule has 102 valence electrons. The molecule has 1 aromatic heterocycles. The van der Waals surface area contributed by atoms with Crippen molar-refractivity contribution in [1.82, 2.24) is 4.98 Å². The smallest absolute Gasteiger partial charge is 0.0456 e. The maximum Gasteiger partial charge on any atom is 0.0456 e. The number of hydrogen-bond donors (Lipinski definition) is 2. The van der Waals surface area contributed by atoms with Crippen LogP contribution in [0.5, 0.6) is 0 Å². The first-order chi connectivity index (χ1) is 9.78. The van der Waals surface area contributed by atoms with E-state index < -0.39 is 0 Å². The summed E-state index contributed by atoms with van der Waals surface area (Å²) < 4.78 is 0. The fraction of sp³-hybridized carbons (Fsp3) is 0.222. The van der Waals surface area contributed by atoms with Crippen molar-refractivity contribution in [2.45, 2.75) is 19.3 Å². The van der Waals surface area contributed by atoms with Crippen molar-refractivity contribution in [3.63, 3.8) is 0 Å². The molecule has 1 atom stereocenters. The summed E-state index contributed by atoms with van der Waals surface area (Å²) in [6.07, 6.45) is 3.09. The van der Waals surface area contributed by atoms with Gasteiger partial charge in [0.1, 0.15) is 0 Å². The number of aromatic nitrogens is 1. The van der Waals surface area contributed by atoms with Gasteiger partial charge in [0.05, 0.1) is 0 Å². The Morgan fingerprint density at radius 1 is 1.10 bits per heavy atom. The molecule has 0 amide bonds. The van der Waals surface area contributed by atoms with E-state index in [-0.39, 0.29) is 0 Å². The third kappa shape index (κ3) is 2.47. The van der Waals surface area contributed by atoms with Crippen LogP contribution >= 0.6 is 0 Å². The Hall–Kier alpha value is -2.06. The highest BCUT2D eigenvalue weighted by Crippen LogP contribution is 2.25. The first kappa shape index (κ1) is 12.9. The molecule has 3 aromatic rings. The fourth-order valence-corrected chi connectivity index (χ4v) is 2.83. The lowest BCUT2D eigenvalue weighted by Crippen LogP contribution is -2.15. The quantitative estimate of drug-likeness (QED) is 0.740. The Labute approximate surface area is 119 Å². The second-order valence-electron chi connectivity index (χ2n) is 5.41. The number of benzene rings is 2. The van der Waals surface area contributed by atoms with Crippen LogP contribution in [0.4, 0.5) is 0 Å². The van der Waals surface area contributed by atoms with Crippen molar-refractivity contribution < 1.29 is 0 Å². The van der Waals surface area contributed by atoms with Crippen molar-refractivity contribution in [2.75, 3.05) is 6.54 Å². The molecule has 0 aliphatic rings. The van der Waals surface area contributed by atoms with Crippen LogP contribution in [0.15, 0.2) is 54.7 Å². The topological polar surface area (TPSA) is 41.8 Å². The molecule has 2 aromatic carbocycles. The lowest BCUT2D eigenvalue weighted by atomic mass is 9.91. The average molecular weight is 264 g/mol. The van der Waals surface area contributed by atoms with Gasteiger partial charge in [-0.05, 0) is 37.1 Å². The largest absolute Gasteiger partial charge is 0.361 e. The van der Waals surface area contributed by atoms with Gasteiger partial charge in [0.2, 0.25) is 0 Å². The fourth-order valence-electron chi connectivity index (χ4n) is 2.83. The molecule has 0 aliphatic heterocycles. The molecule has 0 radical (unpaired) electrons. The van der Waals surface area contributed by atoms with Crippen LogP contribution < -0.4 is 5.73 Å². The Morgan fingerprint density at radius 3 is 2.75 bits per heavy atom. The average Bonchev–Trinajstić information content (AvgIpc) is 2.88. The first-order valence-electron chi connectivity index (χ1n) is 7.09. The number of hydrogen-bond acceptors (Lipinski definition) is 1. The number of aromatic amines is 1. The van der Waals surface area contributed by atoms with E-state index in [4.69, 9.17) is 5.73 Å². The van der Waals surface area contributed by atoms with E-state index in [1.807, 2.05) is 0 Å². The minimum atomic E-state index is 0.370. The summed E-state index contributed by atoms with van der Waals surface area (Å²) in [7, 11) is 0. The maximum atomic E-state index is 6.01. The number of fused-ring (bicyclic) bond motifs is 1. The van der Waals surface area contributed by atoms with Gasteiger partial charge in [-0.3, -0.25) is 0 Å². The Morgan fingerprint density at radius 2 is 1.95 bits per heavy atom. The Bertz CT molecular complexity index is 712. The van der Waals surface area contributed by atoms with Gasteiger partial charge in [-0.25, -0.2) is 0 Å². The molecule has 0 aliphatic carbocycles. The molecule has 0 saturated carbocycles. The zero-order valence-corrected chi connectivity index (χ0v) is 11.8. The molecule has 0 spiro atoms. The summed E-state index contributed by atoms with van der Waals surface area (Å²) in [5, 5.41) is 1.30. The van der Waals surface area contributed by atoms with Crippen molar-refractivity contribution in [3.8, 4) is 0 Å². The molecule has 0 saturated heterocycles. The molecule has 0 bridgehead atoms. The van der Waals surface area contributed by atoms with E-state index in [1.54, 1.807) is 0 Å². The van der Waals surface area contributed by atoms with Crippen LogP contribution in [0.1, 0.15) is 22.6 Å². The minimum Gasteiger partial charge on any atom is -0.361 e. The van der Waals surface area contributed by atoms with Gasteiger partial charge in [-0.15, -0.1) is 0 Å². The van der Waals surface area contributed by atoms with Gasteiger partial charge in [-0.1, -0.05) is 48.0 Å². The van der Waals surface area contributed by atoms with Crippen LogP contribution in [-0.4, -0.2) is 11.5 Å². The Balaban J connectivity index is 1.92. The highest BCUT2D eigenvalue weighted by atomic mass is 14.7. The number of aryl methyl sites for hydroxylation is 1. The highest BCUT2D eigenvalue weighted by Gasteiger charge is 2.13. The summed E-state index contributed by atoms with van der Waals surface area (Å²) in [4.78, 5) is 3.34. The monoisotopic (exact) mass is 264 g/mol. The maximum absolute atomic E-state index is 6.01. The lowest BCUT2D eigenvalue weighted by Gasteiger charge is -2.15. The molecular formula is C18H20N2. The summed E-state index contributed by atoms with van der Waals surface area (Å²) in [6.45, 7) is 2.80. The zero-order valence-electron chi connectivity index (χ0n) is 11.8. The van der Waals surface area contributed by atoms with Gasteiger partial charge in [-0.2, -0.15) is 0 Å². The van der Waals surface area contributed by atoms with E-state index in [0.717, 1.165) is 6.42 Å². The summed E-state index contributed by atoms with van der Waals surface area (Å²) in [5.41, 5.74) is 11.2. The molecule has 20 heavy (non-hydrogen) atoms. The second-order valence-corrected chi connectivity index (χ2v) is 5.41. The zero-order chi connectivity index (χ0) is 13.9. The Kier molecular flexibility index (Phi) is 3.57. The van der Waals surface area contributed by atoms with E-state index >= 15 is 0 Å². The molecule has 1 unspecified atom stereocenters. The predicted molar refractivity (Wildman–Crippen MR) is 85.0 cm³/mol. The van der Waals surface area contributed by atoms with Crippen LogP contribution in [0.3, 0.4) is 0 Å². The normalized spacial score (nSPS) is 12.7.